The molecule has 2 aromatic rings. The molecule has 0 bridgehead atoms. The zero-order valence-corrected chi connectivity index (χ0v) is 16.2. The van der Waals surface area contributed by atoms with Gasteiger partial charge in [0, 0.05) is 16.1 Å². The summed E-state index contributed by atoms with van der Waals surface area (Å²) in [6.07, 6.45) is -3.56. The van der Waals surface area contributed by atoms with Crippen molar-refractivity contribution >= 4 is 51.5 Å². The molecule has 0 spiro atoms. The Morgan fingerprint density at radius 3 is 2.37 bits per heavy atom. The van der Waals surface area contributed by atoms with Crippen molar-refractivity contribution in [3.63, 3.8) is 0 Å². The van der Waals surface area contributed by atoms with E-state index in [1.54, 1.807) is 18.2 Å². The summed E-state index contributed by atoms with van der Waals surface area (Å²) in [5.41, 5.74) is -0.476. The molecular formula is C15H10Cl3F3N2O3S. The Kier molecular flexibility index (Phi) is 9.04. The molecule has 0 aliphatic carbocycles. The number of nitrogens with zero attached hydrogens (tertiary/aromatic N) is 1. The highest BCUT2D eigenvalue weighted by atomic mass is 35.5. The smallest absolute Gasteiger partial charge is 0.391 e. The van der Waals surface area contributed by atoms with E-state index < -0.39 is 22.2 Å². The molecule has 0 atom stereocenters. The first-order valence-corrected chi connectivity index (χ1v) is 8.98. The number of nitrogens with one attached hydrogen (secondary N) is 1. The zero-order valence-electron chi connectivity index (χ0n) is 13.1. The lowest BCUT2D eigenvalue weighted by Crippen LogP contribution is -2.08. The summed E-state index contributed by atoms with van der Waals surface area (Å²) in [5.74, 6) is 0. The van der Waals surface area contributed by atoms with Crippen LogP contribution in [0.25, 0.3) is 0 Å². The fourth-order valence-corrected chi connectivity index (χ4v) is 2.31. The molecule has 0 amide bonds. The van der Waals surface area contributed by atoms with Gasteiger partial charge in [-0.1, -0.05) is 52.1 Å². The van der Waals surface area contributed by atoms with Crippen molar-refractivity contribution in [3.8, 4) is 0 Å². The maximum absolute atomic E-state index is 12.9. The average molecular weight is 462 g/mol. The molecule has 0 saturated carbocycles. The van der Waals surface area contributed by atoms with Crippen LogP contribution in [0.3, 0.4) is 0 Å². The summed E-state index contributed by atoms with van der Waals surface area (Å²) in [6.45, 7) is -0.0300. The summed E-state index contributed by atoms with van der Waals surface area (Å²) < 4.78 is 61.5. The van der Waals surface area contributed by atoms with Crippen LogP contribution in [-0.2, 0) is 28.1 Å². The topological polar surface area (TPSA) is 79.6 Å². The highest BCUT2D eigenvalue weighted by Gasteiger charge is 2.32. The third-order valence-electron chi connectivity index (χ3n) is 2.84. The summed E-state index contributed by atoms with van der Waals surface area (Å²) >= 11 is 17.5. The van der Waals surface area contributed by atoms with Gasteiger partial charge in [0.2, 0.25) is 0 Å². The number of oxime groups is 1. The molecule has 1 N–H and O–H groups in total. The number of benzene rings is 2. The predicted octanol–water partition coefficient (Wildman–Crippen LogP) is 5.84. The Hall–Kier alpha value is -1.81. The first kappa shape index (κ1) is 23.2. The lowest BCUT2D eigenvalue weighted by molar-refractivity contribution is -0.137. The maximum Gasteiger partial charge on any atom is 0.417 e. The molecule has 2 rings (SSSR count). The summed E-state index contributed by atoms with van der Waals surface area (Å²) in [6, 6.07) is 8.16. The molecule has 5 nitrogen and oxygen atoms in total. The fraction of sp³-hybridized carbons (Fsp3) is 0.133. The van der Waals surface area contributed by atoms with E-state index in [0.717, 1.165) is 24.4 Å². The lowest BCUT2D eigenvalue weighted by atomic mass is 10.1. The van der Waals surface area contributed by atoms with Crippen molar-refractivity contribution in [3.05, 3.63) is 68.2 Å². The van der Waals surface area contributed by atoms with Crippen molar-refractivity contribution in [2.75, 3.05) is 0 Å². The molecule has 0 radical (unpaired) electrons. The molecule has 2 aromatic carbocycles. The van der Waals surface area contributed by atoms with Gasteiger partial charge < -0.3 is 4.84 Å². The Labute approximate surface area is 168 Å². The second-order valence-electron chi connectivity index (χ2n) is 4.68. The number of alkyl halides is 3. The predicted molar refractivity (Wildman–Crippen MR) is 96.9 cm³/mol. The largest absolute Gasteiger partial charge is 0.417 e. The van der Waals surface area contributed by atoms with E-state index in [2.05, 4.69) is 5.16 Å². The summed E-state index contributed by atoms with van der Waals surface area (Å²) in [5, 5.41) is 4.36. The van der Waals surface area contributed by atoms with Gasteiger partial charge in [0.25, 0.3) is 0 Å². The minimum atomic E-state index is -4.51. The molecule has 0 aliphatic rings. The van der Waals surface area contributed by atoms with Crippen LogP contribution in [-0.4, -0.2) is 14.6 Å². The number of hydrogen-bond donors (Lipinski definition) is 1. The number of rotatable bonds is 4. The quantitative estimate of drug-likeness (QED) is 0.458. The monoisotopic (exact) mass is 460 g/mol. The molecule has 0 unspecified atom stereocenters. The van der Waals surface area contributed by atoms with E-state index in [0.29, 0.717) is 15.6 Å². The molecule has 0 heterocycles. The second-order valence-corrected chi connectivity index (χ2v) is 6.38. The highest BCUT2D eigenvalue weighted by molar-refractivity contribution is 7.60. The third kappa shape index (κ3) is 8.17. The van der Waals surface area contributed by atoms with E-state index in [4.69, 9.17) is 52.8 Å². The van der Waals surface area contributed by atoms with Gasteiger partial charge in [0.05, 0.1) is 21.8 Å². The highest BCUT2D eigenvalue weighted by Crippen LogP contribution is 2.32. The van der Waals surface area contributed by atoms with E-state index in [-0.39, 0.29) is 17.2 Å². The Balaban J connectivity index is 0.000000828. The van der Waals surface area contributed by atoms with Gasteiger partial charge in [-0.05, 0) is 24.3 Å². The van der Waals surface area contributed by atoms with Gasteiger partial charge in [0.15, 0.2) is 0 Å². The molecule has 27 heavy (non-hydrogen) atoms. The molecule has 0 aromatic heterocycles. The lowest BCUT2D eigenvalue weighted by Gasteiger charge is -2.10. The number of halogens is 6. The normalized spacial score (nSPS) is 11.0. The van der Waals surface area contributed by atoms with Crippen molar-refractivity contribution in [2.24, 2.45) is 5.16 Å². The van der Waals surface area contributed by atoms with Crippen LogP contribution in [0.5, 0.6) is 0 Å². The fourth-order valence-electron chi connectivity index (χ4n) is 1.76. The van der Waals surface area contributed by atoms with Crippen molar-refractivity contribution < 1.29 is 26.4 Å². The Morgan fingerprint density at radius 2 is 1.78 bits per heavy atom. The molecular weight excluding hydrogens is 452 g/mol. The Morgan fingerprint density at radius 1 is 1.15 bits per heavy atom. The van der Waals surface area contributed by atoms with E-state index in [1.165, 1.54) is 0 Å². The van der Waals surface area contributed by atoms with Crippen LogP contribution in [0, 0.1) is 4.78 Å². The van der Waals surface area contributed by atoms with Crippen LogP contribution in [0.15, 0.2) is 41.6 Å². The van der Waals surface area contributed by atoms with Crippen LogP contribution < -0.4 is 0 Å². The molecule has 0 saturated heterocycles. The third-order valence-corrected chi connectivity index (χ3v) is 3.93. The minimum absolute atomic E-state index is 0.0300. The van der Waals surface area contributed by atoms with Crippen molar-refractivity contribution in [1.29, 1.82) is 4.78 Å². The van der Waals surface area contributed by atoms with Gasteiger partial charge in [-0.2, -0.15) is 26.4 Å². The van der Waals surface area contributed by atoms with E-state index >= 15 is 0 Å². The maximum atomic E-state index is 12.9. The van der Waals surface area contributed by atoms with Crippen molar-refractivity contribution in [1.82, 2.24) is 0 Å². The van der Waals surface area contributed by atoms with Crippen LogP contribution in [0.4, 0.5) is 13.2 Å². The second kappa shape index (κ2) is 10.5. The SMILES string of the molecule is FC(F)(F)c1ccc(Cl)cc1/C=N/OCc1cccc(Cl)c1Cl.N=S(=O)=O. The van der Waals surface area contributed by atoms with Crippen LogP contribution in [0.2, 0.25) is 15.1 Å². The minimum Gasteiger partial charge on any atom is -0.391 e. The van der Waals surface area contributed by atoms with Gasteiger partial charge in [-0.15, -0.1) is 0 Å². The Bertz CT molecular complexity index is 929. The summed E-state index contributed by atoms with van der Waals surface area (Å²) in [4.78, 5) is 4.98. The molecule has 0 fully saturated rings. The van der Waals surface area contributed by atoms with Crippen molar-refractivity contribution in [2.45, 2.75) is 12.8 Å². The standard InChI is InChI=1S/C15H9Cl3F3NO.HNO2S/c16-11-4-5-12(15(19,20)21)10(6-11)7-22-23-8-9-2-1-3-13(17)14(9)18;1-4(2)3/h1-7H,8H2;1H/b22-7+;. The van der Waals surface area contributed by atoms with Gasteiger partial charge in [-0.25, -0.2) is 0 Å². The molecule has 0 aliphatic heterocycles. The number of hydrogen-bond acceptors (Lipinski definition) is 5. The van der Waals surface area contributed by atoms with E-state index in [9.17, 15) is 13.2 Å². The summed E-state index contributed by atoms with van der Waals surface area (Å²) in [7, 11) is -2.61. The van der Waals surface area contributed by atoms with Gasteiger partial charge in [0.1, 0.15) is 6.61 Å². The molecule has 146 valence electrons. The molecule has 12 heteroatoms. The first-order valence-electron chi connectivity index (χ1n) is 6.78. The van der Waals surface area contributed by atoms with Gasteiger partial charge >= 0.3 is 16.7 Å². The van der Waals surface area contributed by atoms with Gasteiger partial charge in [-0.3, -0.25) is 0 Å². The first-order chi connectivity index (χ1) is 12.5. The zero-order chi connectivity index (χ0) is 20.6. The van der Waals surface area contributed by atoms with E-state index in [1.807, 2.05) is 0 Å². The van der Waals surface area contributed by atoms with Crippen LogP contribution in [0.1, 0.15) is 16.7 Å². The van der Waals surface area contributed by atoms with Crippen LogP contribution >= 0.6 is 34.8 Å². The average Bonchev–Trinajstić information content (AvgIpc) is 2.53.